The van der Waals surface area contributed by atoms with E-state index in [1.807, 2.05) is 12.3 Å². The van der Waals surface area contributed by atoms with Crippen molar-refractivity contribution in [1.29, 1.82) is 0 Å². The minimum Gasteiger partial charge on any atom is -0.491 e. The van der Waals surface area contributed by atoms with Gasteiger partial charge in [-0.05, 0) is 12.2 Å². The predicted octanol–water partition coefficient (Wildman–Crippen LogP) is -0.393. The van der Waals surface area contributed by atoms with E-state index < -0.39 is 0 Å². The van der Waals surface area contributed by atoms with Gasteiger partial charge in [0, 0.05) is 0 Å². The van der Waals surface area contributed by atoms with Crippen molar-refractivity contribution in [3.63, 3.8) is 0 Å². The first-order valence-electron chi connectivity index (χ1n) is 2.67. The molecule has 0 bridgehead atoms. The second kappa shape index (κ2) is 2.52. The molecule has 0 aromatic heterocycles. The number of allylic oxidation sites excluding steroid dienone is 1. The summed E-state index contributed by atoms with van der Waals surface area (Å²) in [7, 11) is 1.68. The molecule has 1 aliphatic heterocycles. The second-order valence-corrected chi connectivity index (χ2v) is 1.65. The van der Waals surface area contributed by atoms with Crippen molar-refractivity contribution in [1.82, 2.24) is 0 Å². The van der Waals surface area contributed by atoms with E-state index in [1.54, 1.807) is 7.11 Å². The third-order valence-electron chi connectivity index (χ3n) is 1.07. The Hall–Kier alpha value is -0.760. The van der Waals surface area contributed by atoms with E-state index in [-0.39, 0.29) is 0 Å². The molecule has 0 aromatic carbocycles. The Bertz CT molecular complexity index is 126. The average molecular weight is 112 g/mol. The van der Waals surface area contributed by atoms with Crippen LogP contribution in [0.15, 0.2) is 24.1 Å². The summed E-state index contributed by atoms with van der Waals surface area (Å²) in [5.74, 6) is 0.941. The fourth-order valence-corrected chi connectivity index (χ4v) is 0.639. The Kier molecular flexibility index (Phi) is 1.70. The van der Waals surface area contributed by atoms with Crippen molar-refractivity contribution in [3.8, 4) is 0 Å². The van der Waals surface area contributed by atoms with E-state index >= 15 is 0 Å². The van der Waals surface area contributed by atoms with Crippen LogP contribution in [0, 0.1) is 0 Å². The monoisotopic (exact) mass is 112 g/mol. The molecule has 0 aliphatic carbocycles. The van der Waals surface area contributed by atoms with Gasteiger partial charge in [0.2, 0.25) is 0 Å². The molecule has 2 heteroatoms. The first-order valence-corrected chi connectivity index (χ1v) is 2.67. The number of ether oxygens (including phenoxy) is 1. The van der Waals surface area contributed by atoms with Crippen molar-refractivity contribution in [2.45, 2.75) is 0 Å². The molecule has 44 valence electrons. The van der Waals surface area contributed by atoms with Crippen molar-refractivity contribution in [2.24, 2.45) is 0 Å². The topological polar surface area (TPSA) is 25.8 Å². The maximum Gasteiger partial charge on any atom is 0.171 e. The lowest BCUT2D eigenvalue weighted by molar-refractivity contribution is -0.580. The van der Waals surface area contributed by atoms with Crippen molar-refractivity contribution >= 4 is 0 Å². The highest BCUT2D eigenvalue weighted by Gasteiger charge is 1.95. The summed E-state index contributed by atoms with van der Waals surface area (Å²) in [5, 5.41) is 2.07. The standard InChI is InChI=1S/C6H9NO/c1-8-6-3-2-4-7-5-6/h2-3,5,7H,4H2,1H3/p+1. The fraction of sp³-hybridized carbons (Fsp3) is 0.333. The zero-order valence-corrected chi connectivity index (χ0v) is 4.92. The molecule has 0 saturated carbocycles. The quantitative estimate of drug-likeness (QED) is 0.491. The first-order chi connectivity index (χ1) is 3.93. The van der Waals surface area contributed by atoms with Gasteiger partial charge in [-0.3, -0.25) is 0 Å². The Morgan fingerprint density at radius 1 is 1.75 bits per heavy atom. The SMILES string of the molecule is COC1=C[NH2+]CC=C1. The van der Waals surface area contributed by atoms with Gasteiger partial charge in [0.1, 0.15) is 6.20 Å². The molecular weight excluding hydrogens is 102 g/mol. The minimum atomic E-state index is 0.941. The highest BCUT2D eigenvalue weighted by atomic mass is 16.5. The number of hydrogen-bond donors (Lipinski definition) is 1. The molecule has 1 rings (SSSR count). The molecule has 0 unspecified atom stereocenters. The van der Waals surface area contributed by atoms with Crippen LogP contribution in [0.4, 0.5) is 0 Å². The maximum absolute atomic E-state index is 4.93. The van der Waals surface area contributed by atoms with Crippen LogP contribution in [0.3, 0.4) is 0 Å². The van der Waals surface area contributed by atoms with Crippen molar-refractivity contribution in [2.75, 3.05) is 13.7 Å². The van der Waals surface area contributed by atoms with Crippen molar-refractivity contribution < 1.29 is 10.1 Å². The number of rotatable bonds is 1. The minimum absolute atomic E-state index is 0.941. The summed E-state index contributed by atoms with van der Waals surface area (Å²) in [6.45, 7) is 1.03. The third-order valence-corrected chi connectivity index (χ3v) is 1.07. The Balaban J connectivity index is 2.51. The molecule has 0 amide bonds. The Morgan fingerprint density at radius 2 is 2.62 bits per heavy atom. The molecule has 0 fully saturated rings. The molecule has 1 aliphatic rings. The Morgan fingerprint density at radius 3 is 3.00 bits per heavy atom. The second-order valence-electron chi connectivity index (χ2n) is 1.65. The van der Waals surface area contributed by atoms with Crippen molar-refractivity contribution in [3.05, 3.63) is 24.1 Å². The fourth-order valence-electron chi connectivity index (χ4n) is 0.639. The van der Waals surface area contributed by atoms with Gasteiger partial charge in [-0.25, -0.2) is 0 Å². The molecule has 2 N–H and O–H groups in total. The molecule has 0 radical (unpaired) electrons. The van der Waals surface area contributed by atoms with Gasteiger partial charge >= 0.3 is 0 Å². The summed E-state index contributed by atoms with van der Waals surface area (Å²) < 4.78 is 4.93. The van der Waals surface area contributed by atoms with Gasteiger partial charge in [0.25, 0.3) is 0 Å². The lowest BCUT2D eigenvalue weighted by atomic mass is 10.4. The third kappa shape index (κ3) is 1.10. The largest absolute Gasteiger partial charge is 0.491 e. The van der Waals surface area contributed by atoms with Crippen LogP contribution in [0.2, 0.25) is 0 Å². The van der Waals surface area contributed by atoms with E-state index in [0.717, 1.165) is 12.3 Å². The lowest BCUT2D eigenvalue weighted by Gasteiger charge is -2.01. The van der Waals surface area contributed by atoms with E-state index in [4.69, 9.17) is 4.74 Å². The van der Waals surface area contributed by atoms with Gasteiger partial charge in [-0.15, -0.1) is 0 Å². The molecular formula is C6H10NO+. The lowest BCUT2D eigenvalue weighted by Crippen LogP contribution is -2.78. The smallest absolute Gasteiger partial charge is 0.171 e. The summed E-state index contributed by atoms with van der Waals surface area (Å²) in [6, 6.07) is 0. The first kappa shape index (κ1) is 5.38. The van der Waals surface area contributed by atoms with Crippen LogP contribution in [0.25, 0.3) is 0 Å². The normalized spacial score (nSPS) is 17.9. The van der Waals surface area contributed by atoms with Gasteiger partial charge in [0.15, 0.2) is 5.76 Å². The number of nitrogens with two attached hydrogens (primary N) is 1. The van der Waals surface area contributed by atoms with Crippen LogP contribution >= 0.6 is 0 Å². The molecule has 0 aromatic rings. The summed E-state index contributed by atoms with van der Waals surface area (Å²) >= 11 is 0. The van der Waals surface area contributed by atoms with Crippen LogP contribution in [0.5, 0.6) is 0 Å². The average Bonchev–Trinajstić information content (AvgIpc) is 1.90. The highest BCUT2D eigenvalue weighted by Crippen LogP contribution is 1.94. The van der Waals surface area contributed by atoms with Gasteiger partial charge in [0.05, 0.1) is 13.7 Å². The summed E-state index contributed by atoms with van der Waals surface area (Å²) in [6.07, 6.45) is 6.01. The maximum atomic E-state index is 4.93. The number of quaternary nitrogens is 1. The van der Waals surface area contributed by atoms with Crippen LogP contribution < -0.4 is 5.32 Å². The van der Waals surface area contributed by atoms with E-state index in [2.05, 4.69) is 11.4 Å². The predicted molar refractivity (Wildman–Crippen MR) is 31.0 cm³/mol. The highest BCUT2D eigenvalue weighted by molar-refractivity contribution is 5.10. The molecule has 0 spiro atoms. The number of methoxy groups -OCH3 is 1. The molecule has 0 saturated heterocycles. The van der Waals surface area contributed by atoms with Crippen LogP contribution in [-0.4, -0.2) is 13.7 Å². The van der Waals surface area contributed by atoms with E-state index in [1.165, 1.54) is 0 Å². The zero-order valence-electron chi connectivity index (χ0n) is 4.92. The van der Waals surface area contributed by atoms with Gasteiger partial charge in [-0.2, -0.15) is 0 Å². The summed E-state index contributed by atoms with van der Waals surface area (Å²) in [4.78, 5) is 0. The molecule has 8 heavy (non-hydrogen) atoms. The van der Waals surface area contributed by atoms with Crippen LogP contribution in [-0.2, 0) is 4.74 Å². The molecule has 2 nitrogen and oxygen atoms in total. The molecule has 1 heterocycles. The van der Waals surface area contributed by atoms with E-state index in [0.29, 0.717) is 0 Å². The van der Waals surface area contributed by atoms with Crippen LogP contribution in [0.1, 0.15) is 0 Å². The Labute approximate surface area is 48.8 Å². The zero-order chi connectivity index (χ0) is 5.82. The van der Waals surface area contributed by atoms with Gasteiger partial charge < -0.3 is 10.1 Å². The van der Waals surface area contributed by atoms with Gasteiger partial charge in [-0.1, -0.05) is 0 Å². The van der Waals surface area contributed by atoms with E-state index in [9.17, 15) is 0 Å². The number of hydrogen-bond acceptors (Lipinski definition) is 1. The summed E-state index contributed by atoms with van der Waals surface area (Å²) in [5.41, 5.74) is 0. The molecule has 0 atom stereocenters.